The fourth-order valence-electron chi connectivity index (χ4n) is 3.12. The second kappa shape index (κ2) is 7.19. The summed E-state index contributed by atoms with van der Waals surface area (Å²) in [6.45, 7) is 2.03. The number of thioether (sulfide) groups is 1. The van der Waals surface area contributed by atoms with Crippen LogP contribution in [0.2, 0.25) is 0 Å². The first-order chi connectivity index (χ1) is 10.7. The molecule has 3 rings (SSSR count). The highest BCUT2D eigenvalue weighted by molar-refractivity contribution is 8.01. The minimum atomic E-state index is 0.00192. The van der Waals surface area contributed by atoms with Gasteiger partial charge in [0.2, 0.25) is 5.91 Å². The Bertz CT molecular complexity index is 643. The van der Waals surface area contributed by atoms with Crippen molar-refractivity contribution >= 4 is 34.1 Å². The van der Waals surface area contributed by atoms with Crippen molar-refractivity contribution < 1.29 is 4.79 Å². The maximum atomic E-state index is 12.5. The molecule has 1 amide bonds. The molecule has 22 heavy (non-hydrogen) atoms. The molecule has 1 unspecified atom stereocenters. The zero-order valence-corrected chi connectivity index (χ0v) is 13.9. The van der Waals surface area contributed by atoms with Gasteiger partial charge < -0.3 is 5.32 Å². The first-order valence-electron chi connectivity index (χ1n) is 8.18. The van der Waals surface area contributed by atoms with Crippen LogP contribution >= 0.6 is 11.8 Å². The van der Waals surface area contributed by atoms with Gasteiger partial charge in [0.15, 0.2) is 0 Å². The number of hydrogen-bond donors (Lipinski definition) is 1. The minimum absolute atomic E-state index is 0.00192. The van der Waals surface area contributed by atoms with Gasteiger partial charge in [-0.1, -0.05) is 55.7 Å². The molecule has 1 aliphatic rings. The van der Waals surface area contributed by atoms with Gasteiger partial charge in [0, 0.05) is 16.3 Å². The first kappa shape index (κ1) is 15.4. The molecule has 1 saturated carbocycles. The Morgan fingerprint density at radius 2 is 1.82 bits per heavy atom. The molecule has 1 N–H and O–H groups in total. The van der Waals surface area contributed by atoms with Crippen molar-refractivity contribution in [3.63, 3.8) is 0 Å². The molecule has 0 heterocycles. The van der Waals surface area contributed by atoms with Gasteiger partial charge >= 0.3 is 0 Å². The lowest BCUT2D eigenvalue weighted by atomic mass is 10.0. The molecule has 1 atom stereocenters. The molecule has 0 aliphatic heterocycles. The minimum Gasteiger partial charge on any atom is -0.325 e. The van der Waals surface area contributed by atoms with E-state index in [1.165, 1.54) is 32.1 Å². The highest BCUT2D eigenvalue weighted by atomic mass is 32.2. The van der Waals surface area contributed by atoms with Crippen molar-refractivity contribution in [1.29, 1.82) is 0 Å². The Morgan fingerprint density at radius 1 is 1.09 bits per heavy atom. The Labute approximate surface area is 136 Å². The quantitative estimate of drug-likeness (QED) is 0.837. The summed E-state index contributed by atoms with van der Waals surface area (Å²) in [4.78, 5) is 12.5. The summed E-state index contributed by atoms with van der Waals surface area (Å²) < 4.78 is 0. The molecular weight excluding hydrogens is 290 g/mol. The van der Waals surface area contributed by atoms with Gasteiger partial charge in [0.05, 0.1) is 5.25 Å². The lowest BCUT2D eigenvalue weighted by Gasteiger charge is -2.24. The van der Waals surface area contributed by atoms with Crippen molar-refractivity contribution in [2.45, 2.75) is 49.5 Å². The van der Waals surface area contributed by atoms with E-state index in [9.17, 15) is 4.79 Å². The van der Waals surface area contributed by atoms with Crippen LogP contribution in [0.15, 0.2) is 42.5 Å². The third-order valence-corrected chi connectivity index (χ3v) is 5.84. The molecule has 116 valence electrons. The standard InChI is InChI=1S/C19H23NOS/c1-14(22-16-10-3-2-4-11-16)19(21)20-18-13-7-9-15-8-5-6-12-17(15)18/h5-9,12-14,16H,2-4,10-11H2,1H3,(H,20,21). The van der Waals surface area contributed by atoms with E-state index in [0.717, 1.165) is 16.5 Å². The van der Waals surface area contributed by atoms with Crippen LogP contribution in [-0.4, -0.2) is 16.4 Å². The predicted molar refractivity (Wildman–Crippen MR) is 96.5 cm³/mol. The maximum Gasteiger partial charge on any atom is 0.237 e. The van der Waals surface area contributed by atoms with Crippen LogP contribution < -0.4 is 5.32 Å². The van der Waals surface area contributed by atoms with E-state index in [2.05, 4.69) is 23.5 Å². The number of rotatable bonds is 4. The third-order valence-electron chi connectivity index (χ3n) is 4.37. The van der Waals surface area contributed by atoms with Crippen molar-refractivity contribution in [2.75, 3.05) is 5.32 Å². The van der Waals surface area contributed by atoms with E-state index in [1.807, 2.05) is 43.0 Å². The fraction of sp³-hybridized carbons (Fsp3) is 0.421. The van der Waals surface area contributed by atoms with Gasteiger partial charge in [-0.25, -0.2) is 0 Å². The Balaban J connectivity index is 1.67. The number of anilines is 1. The van der Waals surface area contributed by atoms with Crippen LogP contribution in [0.5, 0.6) is 0 Å². The molecule has 0 radical (unpaired) electrons. The highest BCUT2D eigenvalue weighted by Crippen LogP contribution is 2.32. The van der Waals surface area contributed by atoms with Crippen LogP contribution in [0.3, 0.4) is 0 Å². The highest BCUT2D eigenvalue weighted by Gasteiger charge is 2.21. The number of benzene rings is 2. The Kier molecular flexibility index (Phi) is 5.04. The van der Waals surface area contributed by atoms with Gasteiger partial charge in [-0.05, 0) is 31.2 Å². The number of carbonyl (C=O) groups is 1. The van der Waals surface area contributed by atoms with Crippen LogP contribution in [0.4, 0.5) is 5.69 Å². The molecule has 0 bridgehead atoms. The summed E-state index contributed by atoms with van der Waals surface area (Å²) in [5.41, 5.74) is 0.916. The largest absolute Gasteiger partial charge is 0.325 e. The molecule has 0 aromatic heterocycles. The molecular formula is C19H23NOS. The number of carbonyl (C=O) groups excluding carboxylic acids is 1. The van der Waals surface area contributed by atoms with Crippen molar-refractivity contribution in [3.05, 3.63) is 42.5 Å². The molecule has 3 heteroatoms. The summed E-state index contributed by atoms with van der Waals surface area (Å²) in [5.74, 6) is 0.118. The summed E-state index contributed by atoms with van der Waals surface area (Å²) in [6, 6.07) is 14.2. The van der Waals surface area contributed by atoms with Crippen molar-refractivity contribution in [3.8, 4) is 0 Å². The molecule has 2 aromatic carbocycles. The number of nitrogens with one attached hydrogen (secondary N) is 1. The normalized spacial score (nSPS) is 17.3. The average molecular weight is 313 g/mol. The van der Waals surface area contributed by atoms with E-state index in [1.54, 1.807) is 0 Å². The van der Waals surface area contributed by atoms with E-state index in [0.29, 0.717) is 5.25 Å². The fourth-order valence-corrected chi connectivity index (χ4v) is 4.49. The number of hydrogen-bond acceptors (Lipinski definition) is 2. The smallest absolute Gasteiger partial charge is 0.237 e. The summed E-state index contributed by atoms with van der Waals surface area (Å²) in [7, 11) is 0. The van der Waals surface area contributed by atoms with Gasteiger partial charge in [0.25, 0.3) is 0 Å². The monoisotopic (exact) mass is 313 g/mol. The molecule has 2 aromatic rings. The maximum absolute atomic E-state index is 12.5. The SMILES string of the molecule is CC(SC1CCCCC1)C(=O)Nc1cccc2ccccc12. The van der Waals surface area contributed by atoms with Gasteiger partial charge in [0.1, 0.15) is 0 Å². The number of amides is 1. The van der Waals surface area contributed by atoms with Crippen molar-refractivity contribution in [2.24, 2.45) is 0 Å². The van der Waals surface area contributed by atoms with Crippen LogP contribution in [0, 0.1) is 0 Å². The molecule has 1 fully saturated rings. The van der Waals surface area contributed by atoms with Crippen LogP contribution in [0.25, 0.3) is 10.8 Å². The lowest BCUT2D eigenvalue weighted by molar-refractivity contribution is -0.115. The second-order valence-electron chi connectivity index (χ2n) is 6.05. The van der Waals surface area contributed by atoms with E-state index in [-0.39, 0.29) is 11.2 Å². The Morgan fingerprint density at radius 3 is 2.64 bits per heavy atom. The van der Waals surface area contributed by atoms with Gasteiger partial charge in [-0.2, -0.15) is 0 Å². The lowest BCUT2D eigenvalue weighted by Crippen LogP contribution is -2.25. The molecule has 2 nitrogen and oxygen atoms in total. The second-order valence-corrected chi connectivity index (χ2v) is 7.70. The molecule has 0 spiro atoms. The van der Waals surface area contributed by atoms with Crippen LogP contribution in [-0.2, 0) is 4.79 Å². The van der Waals surface area contributed by atoms with Crippen LogP contribution in [0.1, 0.15) is 39.0 Å². The predicted octanol–water partition coefficient (Wildman–Crippen LogP) is 5.23. The molecule has 0 saturated heterocycles. The summed E-state index contributed by atoms with van der Waals surface area (Å²) in [5, 5.41) is 6.04. The number of fused-ring (bicyclic) bond motifs is 1. The van der Waals surface area contributed by atoms with E-state index in [4.69, 9.17) is 0 Å². The first-order valence-corrected chi connectivity index (χ1v) is 9.12. The summed E-state index contributed by atoms with van der Waals surface area (Å²) >= 11 is 1.84. The Hall–Kier alpha value is -1.48. The van der Waals surface area contributed by atoms with Gasteiger partial charge in [-0.15, -0.1) is 11.8 Å². The van der Waals surface area contributed by atoms with E-state index >= 15 is 0 Å². The third kappa shape index (κ3) is 3.64. The topological polar surface area (TPSA) is 29.1 Å². The zero-order chi connectivity index (χ0) is 15.4. The average Bonchev–Trinajstić information content (AvgIpc) is 2.56. The van der Waals surface area contributed by atoms with E-state index < -0.39 is 0 Å². The molecule has 1 aliphatic carbocycles. The summed E-state index contributed by atoms with van der Waals surface area (Å²) in [6.07, 6.45) is 6.51. The van der Waals surface area contributed by atoms with Gasteiger partial charge in [-0.3, -0.25) is 4.79 Å². The van der Waals surface area contributed by atoms with Crippen molar-refractivity contribution in [1.82, 2.24) is 0 Å². The zero-order valence-electron chi connectivity index (χ0n) is 13.0.